The predicted molar refractivity (Wildman–Crippen MR) is 122 cm³/mol. The fourth-order valence-corrected chi connectivity index (χ4v) is 5.18. The van der Waals surface area contributed by atoms with Crippen LogP contribution in [0.1, 0.15) is 56.2 Å². The zero-order valence-corrected chi connectivity index (χ0v) is 19.3. The molecule has 2 saturated heterocycles. The average molecular weight is 425 g/mol. The second-order valence-corrected chi connectivity index (χ2v) is 9.97. The van der Waals surface area contributed by atoms with E-state index in [0.29, 0.717) is 24.3 Å². The van der Waals surface area contributed by atoms with Crippen molar-refractivity contribution in [2.24, 2.45) is 11.3 Å². The van der Waals surface area contributed by atoms with Gasteiger partial charge in [0, 0.05) is 44.0 Å². The third-order valence-electron chi connectivity index (χ3n) is 7.07. The number of aliphatic hydroxyl groups is 1. The molecule has 1 atom stereocenters. The summed E-state index contributed by atoms with van der Waals surface area (Å²) in [5.74, 6) is 1.54. The van der Waals surface area contributed by atoms with Gasteiger partial charge in [0.25, 0.3) is 0 Å². The van der Waals surface area contributed by atoms with Crippen molar-refractivity contribution in [2.75, 3.05) is 40.0 Å². The van der Waals surface area contributed by atoms with Crippen molar-refractivity contribution < 1.29 is 14.6 Å². The number of aromatic nitrogens is 1. The Morgan fingerprint density at radius 2 is 1.84 bits per heavy atom. The normalized spacial score (nSPS) is 21.5. The van der Waals surface area contributed by atoms with Crippen molar-refractivity contribution in [2.45, 2.75) is 45.1 Å². The van der Waals surface area contributed by atoms with Crippen molar-refractivity contribution in [1.29, 1.82) is 0 Å². The fraction of sp³-hybridized carbons (Fsp3) is 0.577. The first kappa shape index (κ1) is 22.3. The summed E-state index contributed by atoms with van der Waals surface area (Å²) in [6.07, 6.45) is 3.81. The van der Waals surface area contributed by atoms with Crippen LogP contribution in [0, 0.1) is 11.3 Å². The molecule has 0 bridgehead atoms. The first-order chi connectivity index (χ1) is 14.8. The quantitative estimate of drug-likeness (QED) is 0.722. The Balaban J connectivity index is 1.64. The number of likely N-dealkylation sites (tertiary alicyclic amines) is 1. The minimum absolute atomic E-state index is 0.291. The second kappa shape index (κ2) is 8.89. The zero-order valence-electron chi connectivity index (χ0n) is 19.3. The second-order valence-electron chi connectivity index (χ2n) is 9.97. The van der Waals surface area contributed by atoms with Crippen LogP contribution in [0.2, 0.25) is 0 Å². The molecule has 1 aromatic heterocycles. The van der Waals surface area contributed by atoms with Gasteiger partial charge in [0.2, 0.25) is 5.88 Å². The summed E-state index contributed by atoms with van der Waals surface area (Å²) in [6.45, 7) is 10.5. The van der Waals surface area contributed by atoms with Crippen molar-refractivity contribution in [1.82, 2.24) is 9.88 Å². The largest absolute Gasteiger partial charge is 0.477 e. The first-order valence-electron chi connectivity index (χ1n) is 11.5. The molecule has 0 saturated carbocycles. The van der Waals surface area contributed by atoms with Crippen LogP contribution in [0.25, 0.3) is 0 Å². The topological polar surface area (TPSA) is 54.8 Å². The van der Waals surface area contributed by atoms with E-state index < -0.39 is 5.60 Å². The summed E-state index contributed by atoms with van der Waals surface area (Å²) in [6, 6.07) is 12.3. The van der Waals surface area contributed by atoms with Crippen LogP contribution < -0.4 is 4.74 Å². The molecule has 1 aromatic carbocycles. The van der Waals surface area contributed by atoms with Gasteiger partial charge in [0.1, 0.15) is 5.60 Å². The number of ether oxygens (including phenoxy) is 2. The lowest BCUT2D eigenvalue weighted by atomic mass is 9.62. The number of hydrogen-bond donors (Lipinski definition) is 1. The fourth-order valence-electron chi connectivity index (χ4n) is 5.18. The Labute approximate surface area is 186 Å². The van der Waals surface area contributed by atoms with E-state index in [1.54, 1.807) is 6.20 Å². The Morgan fingerprint density at radius 3 is 2.45 bits per heavy atom. The van der Waals surface area contributed by atoms with E-state index in [1.807, 2.05) is 12.1 Å². The molecule has 3 heterocycles. The maximum Gasteiger partial charge on any atom is 0.213 e. The average Bonchev–Trinajstić information content (AvgIpc) is 2.77. The summed E-state index contributed by atoms with van der Waals surface area (Å²) >= 11 is 0. The lowest BCUT2D eigenvalue weighted by Gasteiger charge is -2.56. The summed E-state index contributed by atoms with van der Waals surface area (Å²) in [5.41, 5.74) is 1.64. The molecule has 2 aromatic rings. The molecule has 5 nitrogen and oxygen atoms in total. The Bertz CT molecular complexity index is 870. The summed E-state index contributed by atoms with van der Waals surface area (Å²) in [7, 11) is 2.10. The molecule has 0 aliphatic carbocycles. The molecule has 0 spiro atoms. The zero-order chi connectivity index (χ0) is 22.1. The van der Waals surface area contributed by atoms with Gasteiger partial charge < -0.3 is 19.5 Å². The SMILES string of the molecule is CC(C)c1ccc([C@](O)(c2ccnc(OCC3CCOCC3)c2)C2(C)CN(C)C2)cc1. The number of benzene rings is 1. The van der Waals surface area contributed by atoms with E-state index in [2.05, 4.69) is 62.0 Å². The lowest BCUT2D eigenvalue weighted by molar-refractivity contribution is -0.127. The van der Waals surface area contributed by atoms with Crippen LogP contribution >= 0.6 is 0 Å². The lowest BCUT2D eigenvalue weighted by Crippen LogP contribution is -2.63. The summed E-state index contributed by atoms with van der Waals surface area (Å²) < 4.78 is 11.5. The molecule has 31 heavy (non-hydrogen) atoms. The van der Waals surface area contributed by atoms with Gasteiger partial charge in [-0.1, -0.05) is 45.0 Å². The van der Waals surface area contributed by atoms with Gasteiger partial charge in [-0.05, 0) is 54.5 Å². The Kier molecular flexibility index (Phi) is 6.38. The van der Waals surface area contributed by atoms with E-state index >= 15 is 0 Å². The minimum atomic E-state index is -1.12. The van der Waals surface area contributed by atoms with E-state index in [1.165, 1.54) is 5.56 Å². The molecule has 2 fully saturated rings. The maximum absolute atomic E-state index is 12.3. The van der Waals surface area contributed by atoms with Crippen LogP contribution in [-0.4, -0.2) is 54.9 Å². The molecule has 2 aliphatic heterocycles. The summed E-state index contributed by atoms with van der Waals surface area (Å²) in [4.78, 5) is 6.68. The number of pyridine rings is 1. The van der Waals surface area contributed by atoms with Crippen LogP contribution in [0.3, 0.4) is 0 Å². The third kappa shape index (κ3) is 4.36. The number of hydrogen-bond acceptors (Lipinski definition) is 5. The number of nitrogens with zero attached hydrogens (tertiary/aromatic N) is 2. The van der Waals surface area contributed by atoms with Crippen molar-refractivity contribution >= 4 is 0 Å². The molecule has 168 valence electrons. The maximum atomic E-state index is 12.3. The van der Waals surface area contributed by atoms with Crippen LogP contribution in [0.5, 0.6) is 5.88 Å². The molecule has 5 heteroatoms. The van der Waals surface area contributed by atoms with Crippen molar-refractivity contribution in [3.63, 3.8) is 0 Å². The van der Waals surface area contributed by atoms with Crippen molar-refractivity contribution in [3.8, 4) is 5.88 Å². The molecular formula is C26H36N2O3. The molecule has 4 rings (SSSR count). The van der Waals surface area contributed by atoms with Gasteiger partial charge in [0.05, 0.1) is 6.61 Å². The monoisotopic (exact) mass is 424 g/mol. The highest BCUT2D eigenvalue weighted by Gasteiger charge is 2.55. The smallest absolute Gasteiger partial charge is 0.213 e. The molecule has 0 amide bonds. The Morgan fingerprint density at radius 1 is 1.16 bits per heavy atom. The summed E-state index contributed by atoms with van der Waals surface area (Å²) in [5, 5.41) is 12.3. The standard InChI is InChI=1S/C26H36N2O3/c1-19(2)21-5-7-22(8-6-21)26(29,25(3)17-28(4)18-25)23-9-12-27-24(15-23)31-16-20-10-13-30-14-11-20/h5-9,12,15,19-20,29H,10-11,13-14,16-18H2,1-4H3/t26-/m0/s1. The predicted octanol–water partition coefficient (Wildman–Crippen LogP) is 4.20. The van der Waals surface area contributed by atoms with Crippen LogP contribution in [0.4, 0.5) is 0 Å². The highest BCUT2D eigenvalue weighted by molar-refractivity contribution is 5.42. The Hall–Kier alpha value is -1.95. The van der Waals surface area contributed by atoms with Crippen LogP contribution in [0.15, 0.2) is 42.6 Å². The van der Waals surface area contributed by atoms with E-state index in [9.17, 15) is 5.11 Å². The minimum Gasteiger partial charge on any atom is -0.477 e. The van der Waals surface area contributed by atoms with Gasteiger partial charge >= 0.3 is 0 Å². The highest BCUT2D eigenvalue weighted by atomic mass is 16.5. The molecule has 0 radical (unpaired) electrons. The molecule has 1 N–H and O–H groups in total. The molecule has 2 aliphatic rings. The van der Waals surface area contributed by atoms with Crippen LogP contribution in [-0.2, 0) is 10.3 Å². The van der Waals surface area contributed by atoms with Gasteiger partial charge in [0.15, 0.2) is 0 Å². The van der Waals surface area contributed by atoms with Gasteiger partial charge in [-0.2, -0.15) is 0 Å². The first-order valence-corrected chi connectivity index (χ1v) is 11.5. The van der Waals surface area contributed by atoms with Gasteiger partial charge in [-0.25, -0.2) is 4.98 Å². The number of rotatable bonds is 7. The van der Waals surface area contributed by atoms with Gasteiger partial charge in [-0.3, -0.25) is 0 Å². The highest BCUT2D eigenvalue weighted by Crippen LogP contribution is 2.50. The third-order valence-corrected chi connectivity index (χ3v) is 7.07. The van der Waals surface area contributed by atoms with Crippen molar-refractivity contribution in [3.05, 3.63) is 59.3 Å². The van der Waals surface area contributed by atoms with Gasteiger partial charge in [-0.15, -0.1) is 0 Å². The van der Waals surface area contributed by atoms with E-state index in [4.69, 9.17) is 9.47 Å². The van der Waals surface area contributed by atoms with E-state index in [0.717, 1.165) is 50.3 Å². The van der Waals surface area contributed by atoms with E-state index in [-0.39, 0.29) is 5.41 Å². The molecule has 0 unspecified atom stereocenters. The molecular weight excluding hydrogens is 388 g/mol.